The van der Waals surface area contributed by atoms with Gasteiger partial charge in [0.1, 0.15) is 60.9 Å². The molecule has 0 spiro atoms. The van der Waals surface area contributed by atoms with E-state index in [9.17, 15) is 40.5 Å². The van der Waals surface area contributed by atoms with Crippen LogP contribution in [0.1, 0.15) is 6.92 Å². The van der Waals surface area contributed by atoms with Gasteiger partial charge in [0, 0.05) is 0 Å². The lowest BCUT2D eigenvalue weighted by atomic mass is 9.81. The highest BCUT2D eigenvalue weighted by molar-refractivity contribution is 5.76. The van der Waals surface area contributed by atoms with E-state index in [1.54, 1.807) is 0 Å². The predicted molar refractivity (Wildman–Crippen MR) is 133 cm³/mol. The van der Waals surface area contributed by atoms with Gasteiger partial charge in [-0.3, -0.25) is 4.79 Å². The standard InChI is InChI=1S/C21H39N7O12/c1-5-21(36,4-30)16(40-17-9(26-2)13(34)10(31)6(3-29)38-17)18(37-5)39-15-8(28-20(24)25)11(32)7(27-19(22)23)12(33)14(15)35/h4-18,26,29,31-36H,3H2,1-2H3,(H4,22,23,27)(H4,24,25,28)/t5-,6+,7+,8+,9-,10-,11-,12+,13+,14+,15+,16-,17-,18+,21+/m1/s1. The van der Waals surface area contributed by atoms with Crippen molar-refractivity contribution in [2.24, 2.45) is 32.9 Å². The summed E-state index contributed by atoms with van der Waals surface area (Å²) in [5.74, 6) is -1.03. The number of aldehydes is 1. The summed E-state index contributed by atoms with van der Waals surface area (Å²) in [6.45, 7) is 0.620. The Morgan fingerprint density at radius 1 is 0.900 bits per heavy atom. The number of nitrogens with two attached hydrogens (primary N) is 4. The van der Waals surface area contributed by atoms with Crippen LogP contribution in [0.15, 0.2) is 9.98 Å². The number of nitrogens with one attached hydrogen (secondary N) is 1. The van der Waals surface area contributed by atoms with Gasteiger partial charge < -0.3 is 82.9 Å². The first-order valence-electron chi connectivity index (χ1n) is 12.4. The number of carbonyl (C=O) groups is 1. The number of ether oxygens (including phenoxy) is 4. The smallest absolute Gasteiger partial charge is 0.188 e. The maximum absolute atomic E-state index is 12.1. The minimum atomic E-state index is -2.38. The number of carbonyl (C=O) groups excluding carboxylic acids is 1. The van der Waals surface area contributed by atoms with Crippen molar-refractivity contribution in [3.05, 3.63) is 0 Å². The normalized spacial score (nSPS) is 47.4. The van der Waals surface area contributed by atoms with E-state index in [-0.39, 0.29) is 6.29 Å². The van der Waals surface area contributed by atoms with E-state index >= 15 is 0 Å². The van der Waals surface area contributed by atoms with Gasteiger partial charge in [-0.15, -0.1) is 0 Å². The average Bonchev–Trinajstić information content (AvgIpc) is 3.13. The summed E-state index contributed by atoms with van der Waals surface area (Å²) in [4.78, 5) is 19.7. The lowest BCUT2D eigenvalue weighted by Gasteiger charge is -2.45. The first-order valence-corrected chi connectivity index (χ1v) is 12.4. The molecular weight excluding hydrogens is 542 g/mol. The molecule has 19 nitrogen and oxygen atoms in total. The van der Waals surface area contributed by atoms with E-state index < -0.39 is 110 Å². The highest BCUT2D eigenvalue weighted by Crippen LogP contribution is 2.38. The van der Waals surface area contributed by atoms with Gasteiger partial charge in [-0.25, -0.2) is 9.98 Å². The van der Waals surface area contributed by atoms with E-state index in [0.29, 0.717) is 0 Å². The zero-order chi connectivity index (χ0) is 30.1. The van der Waals surface area contributed by atoms with Crippen LogP contribution in [-0.4, -0.2) is 159 Å². The minimum Gasteiger partial charge on any atom is -0.394 e. The summed E-state index contributed by atoms with van der Waals surface area (Å²) in [5.41, 5.74) is 19.4. The second-order valence-corrected chi connectivity index (χ2v) is 9.89. The lowest BCUT2D eigenvalue weighted by Crippen LogP contribution is -2.66. The molecule has 40 heavy (non-hydrogen) atoms. The molecule has 15 atom stereocenters. The molecular formula is C21H39N7O12. The van der Waals surface area contributed by atoms with Crippen molar-refractivity contribution in [3.63, 3.8) is 0 Å². The Balaban J connectivity index is 1.96. The number of aliphatic imine (C=N–C) groups is 2. The highest BCUT2D eigenvalue weighted by atomic mass is 16.8. The molecule has 0 aromatic carbocycles. The highest BCUT2D eigenvalue weighted by Gasteiger charge is 2.60. The Kier molecular flexibility index (Phi) is 10.2. The Bertz CT molecular complexity index is 940. The van der Waals surface area contributed by atoms with Crippen LogP contribution in [0.4, 0.5) is 0 Å². The Labute approximate surface area is 228 Å². The van der Waals surface area contributed by atoms with Crippen LogP contribution in [-0.2, 0) is 23.7 Å². The van der Waals surface area contributed by atoms with Crippen LogP contribution >= 0.6 is 0 Å². The number of rotatable bonds is 9. The van der Waals surface area contributed by atoms with Crippen LogP contribution < -0.4 is 28.3 Å². The Morgan fingerprint density at radius 2 is 1.50 bits per heavy atom. The van der Waals surface area contributed by atoms with Gasteiger partial charge >= 0.3 is 0 Å². The number of aliphatic hydroxyl groups excluding tert-OH is 6. The molecule has 230 valence electrons. The van der Waals surface area contributed by atoms with Crippen molar-refractivity contribution in [1.29, 1.82) is 0 Å². The summed E-state index contributed by atoms with van der Waals surface area (Å²) >= 11 is 0. The number of hydrogen-bond donors (Lipinski definition) is 12. The van der Waals surface area contributed by atoms with Crippen LogP contribution in [0, 0.1) is 0 Å². The summed E-state index contributed by atoms with van der Waals surface area (Å²) in [5, 5.41) is 76.6. The van der Waals surface area contributed by atoms with Crippen molar-refractivity contribution < 1.29 is 59.5 Å². The van der Waals surface area contributed by atoms with E-state index in [4.69, 9.17) is 41.9 Å². The van der Waals surface area contributed by atoms with Gasteiger partial charge in [0.25, 0.3) is 0 Å². The molecule has 0 aromatic heterocycles. The van der Waals surface area contributed by atoms with Gasteiger partial charge in [0.15, 0.2) is 36.4 Å². The molecule has 0 aromatic rings. The molecule has 16 N–H and O–H groups in total. The average molecular weight is 582 g/mol. The van der Waals surface area contributed by atoms with Gasteiger partial charge in [-0.2, -0.15) is 0 Å². The van der Waals surface area contributed by atoms with E-state index in [1.807, 2.05) is 0 Å². The largest absolute Gasteiger partial charge is 0.394 e. The van der Waals surface area contributed by atoms with Crippen LogP contribution in [0.25, 0.3) is 0 Å². The van der Waals surface area contributed by atoms with Crippen molar-refractivity contribution in [3.8, 4) is 0 Å². The summed E-state index contributed by atoms with van der Waals surface area (Å²) in [6.07, 6.45) is -17.3. The first-order chi connectivity index (χ1) is 18.7. The number of hydrogen-bond acceptors (Lipinski definition) is 15. The molecule has 3 fully saturated rings. The topological polar surface area (TPSA) is 336 Å². The van der Waals surface area contributed by atoms with Gasteiger partial charge in [-0.05, 0) is 14.0 Å². The molecule has 3 rings (SSSR count). The lowest BCUT2D eigenvalue weighted by molar-refractivity contribution is -0.314. The molecule has 2 aliphatic heterocycles. The molecule has 0 amide bonds. The fraction of sp³-hybridized carbons (Fsp3) is 0.857. The number of guanidine groups is 2. The van der Waals surface area contributed by atoms with E-state index in [0.717, 1.165) is 0 Å². The molecule has 0 unspecified atom stereocenters. The molecule has 1 aliphatic carbocycles. The quantitative estimate of drug-likeness (QED) is 0.0682. The third-order valence-electron chi connectivity index (χ3n) is 7.34. The van der Waals surface area contributed by atoms with Crippen LogP contribution in [0.3, 0.4) is 0 Å². The third kappa shape index (κ3) is 6.00. The molecule has 3 aliphatic rings. The zero-order valence-electron chi connectivity index (χ0n) is 21.7. The summed E-state index contributed by atoms with van der Waals surface area (Å²) < 4.78 is 22.9. The van der Waals surface area contributed by atoms with Gasteiger partial charge in [0.05, 0.1) is 18.8 Å². The monoisotopic (exact) mass is 581 g/mol. The van der Waals surface area contributed by atoms with Crippen LogP contribution in [0.2, 0.25) is 0 Å². The minimum absolute atomic E-state index is 0.140. The van der Waals surface area contributed by atoms with Crippen molar-refractivity contribution in [2.75, 3.05) is 13.7 Å². The second kappa shape index (κ2) is 12.7. The SMILES string of the molecule is CN[C@H]1[C@@H](O[C@@H]2[C@H](O[C@@H]3[C@@H](O)[C@@H](O)[C@@H](N=C(N)N)[C@@H](O)[C@@H]3N=C(N)N)O[C@H](C)[C@@]2(O)C=O)O[C@@H](CO)[C@@H](O)[C@H]1O. The molecule has 2 saturated heterocycles. The maximum Gasteiger partial charge on any atom is 0.188 e. The van der Waals surface area contributed by atoms with Crippen molar-refractivity contribution >= 4 is 18.2 Å². The first kappa shape index (κ1) is 32.2. The summed E-state index contributed by atoms with van der Waals surface area (Å²) in [7, 11) is 1.42. The Morgan fingerprint density at radius 3 is 2.02 bits per heavy atom. The molecule has 1 saturated carbocycles. The second-order valence-electron chi connectivity index (χ2n) is 9.89. The van der Waals surface area contributed by atoms with E-state index in [1.165, 1.54) is 14.0 Å². The molecule has 2 heterocycles. The van der Waals surface area contributed by atoms with Crippen LogP contribution in [0.5, 0.6) is 0 Å². The van der Waals surface area contributed by atoms with Gasteiger partial charge in [0.2, 0.25) is 0 Å². The predicted octanol–water partition coefficient (Wildman–Crippen LogP) is -8.16. The third-order valence-corrected chi connectivity index (χ3v) is 7.34. The molecule has 0 bridgehead atoms. The fourth-order valence-electron chi connectivity index (χ4n) is 5.08. The van der Waals surface area contributed by atoms with Crippen molar-refractivity contribution in [2.45, 2.75) is 98.2 Å². The maximum atomic E-state index is 12.1. The molecule has 0 radical (unpaired) electrons. The fourth-order valence-corrected chi connectivity index (χ4v) is 5.08. The number of likely N-dealkylation sites (N-methyl/N-ethyl adjacent to an activating group) is 1. The Hall–Kier alpha value is -2.27. The zero-order valence-corrected chi connectivity index (χ0v) is 21.7. The summed E-state index contributed by atoms with van der Waals surface area (Å²) in [6, 6.07) is -4.08. The molecule has 19 heteroatoms. The van der Waals surface area contributed by atoms with Gasteiger partial charge in [-0.1, -0.05) is 0 Å². The number of nitrogens with zero attached hydrogens (tertiary/aromatic N) is 2. The van der Waals surface area contributed by atoms with E-state index in [2.05, 4.69) is 15.3 Å². The number of aliphatic hydroxyl groups is 7. The van der Waals surface area contributed by atoms with Crippen molar-refractivity contribution in [1.82, 2.24) is 5.32 Å².